The van der Waals surface area contributed by atoms with Crippen molar-refractivity contribution in [2.24, 2.45) is 0 Å². The van der Waals surface area contributed by atoms with Crippen LogP contribution in [0.5, 0.6) is 0 Å². The Hall–Kier alpha value is -7.04. The van der Waals surface area contributed by atoms with Crippen molar-refractivity contribution < 1.29 is 8.83 Å². The summed E-state index contributed by atoms with van der Waals surface area (Å²) < 4.78 is 17.5. The maximum atomic E-state index is 6.35. The Bertz CT molecular complexity index is 3650. The van der Waals surface area contributed by atoms with E-state index in [9.17, 15) is 0 Å². The molecule has 240 valence electrons. The van der Waals surface area contributed by atoms with Crippen LogP contribution in [0, 0.1) is 0 Å². The lowest BCUT2D eigenvalue weighted by Gasteiger charge is -2.10. The number of nitrogens with zero attached hydrogens (tertiary/aromatic N) is 2. The van der Waals surface area contributed by atoms with Crippen molar-refractivity contribution in [2.45, 2.75) is 0 Å². The molecular weight excluding hydrogens is 637 g/mol. The highest BCUT2D eigenvalue weighted by molar-refractivity contribution is 6.33. The molecule has 0 bridgehead atoms. The second kappa shape index (κ2) is 9.39. The minimum Gasteiger partial charge on any atom is -0.456 e. The highest BCUT2D eigenvalue weighted by atomic mass is 16.3. The third kappa shape index (κ3) is 3.19. The fourth-order valence-electron chi connectivity index (χ4n) is 9.41. The first-order valence-electron chi connectivity index (χ1n) is 17.8. The molecule has 4 nitrogen and oxygen atoms in total. The number of hydrogen-bond donors (Lipinski definition) is 0. The van der Waals surface area contributed by atoms with Gasteiger partial charge >= 0.3 is 0 Å². The summed E-state index contributed by atoms with van der Waals surface area (Å²) in [5, 5.41) is 12.2. The van der Waals surface area contributed by atoms with Crippen molar-refractivity contribution in [3.8, 4) is 16.8 Å². The van der Waals surface area contributed by atoms with E-state index in [1.54, 1.807) is 0 Å². The maximum Gasteiger partial charge on any atom is 0.137 e. The second-order valence-electron chi connectivity index (χ2n) is 14.0. The number of hydrogen-bond acceptors (Lipinski definition) is 2. The van der Waals surface area contributed by atoms with E-state index in [0.29, 0.717) is 0 Å². The Morgan fingerprint density at radius 2 is 0.942 bits per heavy atom. The predicted molar refractivity (Wildman–Crippen MR) is 215 cm³/mol. The van der Waals surface area contributed by atoms with Crippen molar-refractivity contribution in [1.82, 2.24) is 8.97 Å². The lowest BCUT2D eigenvalue weighted by Crippen LogP contribution is -1.94. The Labute approximate surface area is 295 Å². The molecule has 0 aliphatic heterocycles. The van der Waals surface area contributed by atoms with Crippen LogP contribution in [0.1, 0.15) is 0 Å². The zero-order chi connectivity index (χ0) is 33.7. The molecule has 4 heteroatoms. The van der Waals surface area contributed by atoms with Crippen LogP contribution in [0.4, 0.5) is 0 Å². The zero-order valence-electron chi connectivity index (χ0n) is 27.7. The summed E-state index contributed by atoms with van der Waals surface area (Å²) >= 11 is 0. The molecule has 0 amide bonds. The van der Waals surface area contributed by atoms with Crippen molar-refractivity contribution in [2.75, 3.05) is 0 Å². The standard InChI is InChI=1S/C48H26N2O2/c1-4-16-35-30(10-1)46-38(49(35)37-17-9-21-43-45(37)32-12-3-6-19-41(32)52-43)24-25-39-47(46)33-15-7-14-29-34-26-27(22-23-36(34)50(39)48(29)33)28-13-8-20-42-44(28)31-11-2-5-18-40(31)51-42/h1-26H. The summed E-state index contributed by atoms with van der Waals surface area (Å²) in [6.07, 6.45) is 0. The van der Waals surface area contributed by atoms with Gasteiger partial charge in [-0.2, -0.15) is 0 Å². The number of fused-ring (bicyclic) bond motifs is 16. The van der Waals surface area contributed by atoms with Gasteiger partial charge in [-0.15, -0.1) is 0 Å². The van der Waals surface area contributed by atoms with Gasteiger partial charge in [-0.25, -0.2) is 0 Å². The third-order valence-electron chi connectivity index (χ3n) is 11.4. The van der Waals surface area contributed by atoms with Gasteiger partial charge in [0.2, 0.25) is 0 Å². The average Bonchev–Trinajstić information content (AvgIpc) is 4.00. The van der Waals surface area contributed by atoms with Gasteiger partial charge in [0.25, 0.3) is 0 Å². The molecule has 0 saturated heterocycles. The molecule has 5 heterocycles. The molecule has 0 N–H and O–H groups in total. The van der Waals surface area contributed by atoms with Gasteiger partial charge in [0.15, 0.2) is 0 Å². The smallest absolute Gasteiger partial charge is 0.137 e. The van der Waals surface area contributed by atoms with E-state index >= 15 is 0 Å². The van der Waals surface area contributed by atoms with Gasteiger partial charge < -0.3 is 17.8 Å². The normalized spacial score (nSPS) is 12.6. The van der Waals surface area contributed by atoms with Gasteiger partial charge in [-0.05, 0) is 71.8 Å². The third-order valence-corrected chi connectivity index (χ3v) is 11.4. The van der Waals surface area contributed by atoms with Crippen LogP contribution in [0.3, 0.4) is 0 Å². The molecule has 0 spiro atoms. The second-order valence-corrected chi connectivity index (χ2v) is 14.0. The molecule has 0 radical (unpaired) electrons. The Morgan fingerprint density at radius 3 is 1.79 bits per heavy atom. The van der Waals surface area contributed by atoms with Crippen molar-refractivity contribution in [1.29, 1.82) is 0 Å². The molecular formula is C48H26N2O2. The zero-order valence-corrected chi connectivity index (χ0v) is 27.7. The SMILES string of the molecule is c1ccc2c(c1)oc1cccc(-c3ccc4c(c3)c3cccc5c6c7c8ccccc8n(-c8cccc9oc%10ccccc%10c89)c7ccc6n4c35)c12. The summed E-state index contributed by atoms with van der Waals surface area (Å²) in [5.74, 6) is 0. The van der Waals surface area contributed by atoms with Crippen LogP contribution in [0.25, 0.3) is 121 Å². The molecule has 5 aromatic heterocycles. The van der Waals surface area contributed by atoms with E-state index in [1.165, 1.54) is 71.0 Å². The van der Waals surface area contributed by atoms with E-state index in [-0.39, 0.29) is 0 Å². The average molecular weight is 663 g/mol. The first kappa shape index (κ1) is 26.8. The molecule has 0 fully saturated rings. The van der Waals surface area contributed by atoms with Gasteiger partial charge in [0, 0.05) is 48.5 Å². The number of para-hydroxylation sites is 4. The fraction of sp³-hybridized carbons (Fsp3) is 0. The van der Waals surface area contributed by atoms with Crippen molar-refractivity contribution in [3.05, 3.63) is 158 Å². The molecule has 0 atom stereocenters. The largest absolute Gasteiger partial charge is 0.456 e. The number of aromatic nitrogens is 2. The van der Waals surface area contributed by atoms with Crippen molar-refractivity contribution >= 4 is 104 Å². The van der Waals surface area contributed by atoms with Crippen LogP contribution in [0.15, 0.2) is 167 Å². The minimum atomic E-state index is 0.898. The Balaban J connectivity index is 1.12. The lowest BCUT2D eigenvalue weighted by atomic mass is 9.97. The van der Waals surface area contributed by atoms with Crippen LogP contribution >= 0.6 is 0 Å². The quantitative estimate of drug-likeness (QED) is 0.185. The van der Waals surface area contributed by atoms with E-state index in [4.69, 9.17) is 8.83 Å². The summed E-state index contributed by atoms with van der Waals surface area (Å²) in [5.41, 5.74) is 13.2. The van der Waals surface area contributed by atoms with Gasteiger partial charge in [0.05, 0.1) is 38.7 Å². The van der Waals surface area contributed by atoms with E-state index in [0.717, 1.165) is 49.6 Å². The Kier molecular flexibility index (Phi) is 4.83. The van der Waals surface area contributed by atoms with Crippen LogP contribution in [-0.4, -0.2) is 8.97 Å². The van der Waals surface area contributed by atoms with Crippen LogP contribution in [0.2, 0.25) is 0 Å². The van der Waals surface area contributed by atoms with Gasteiger partial charge in [0.1, 0.15) is 22.3 Å². The molecule has 8 aromatic carbocycles. The van der Waals surface area contributed by atoms with Gasteiger partial charge in [-0.3, -0.25) is 0 Å². The summed E-state index contributed by atoms with van der Waals surface area (Å²) in [6, 6.07) is 56.7. The summed E-state index contributed by atoms with van der Waals surface area (Å²) in [6.45, 7) is 0. The maximum absolute atomic E-state index is 6.35. The molecule has 0 aliphatic rings. The lowest BCUT2D eigenvalue weighted by molar-refractivity contribution is 0.668. The van der Waals surface area contributed by atoms with Gasteiger partial charge in [-0.1, -0.05) is 97.1 Å². The van der Waals surface area contributed by atoms with Crippen molar-refractivity contribution in [3.63, 3.8) is 0 Å². The molecule has 52 heavy (non-hydrogen) atoms. The highest BCUT2D eigenvalue weighted by Crippen LogP contribution is 2.47. The summed E-state index contributed by atoms with van der Waals surface area (Å²) in [7, 11) is 0. The van der Waals surface area contributed by atoms with E-state index in [2.05, 4.69) is 155 Å². The topological polar surface area (TPSA) is 35.6 Å². The molecule has 0 aliphatic carbocycles. The number of furan rings is 2. The molecule has 13 rings (SSSR count). The van der Waals surface area contributed by atoms with E-state index in [1.807, 2.05) is 12.1 Å². The van der Waals surface area contributed by atoms with Crippen LogP contribution < -0.4 is 0 Å². The highest BCUT2D eigenvalue weighted by Gasteiger charge is 2.24. The fourth-order valence-corrected chi connectivity index (χ4v) is 9.41. The monoisotopic (exact) mass is 662 g/mol. The van der Waals surface area contributed by atoms with Crippen LogP contribution in [-0.2, 0) is 0 Å². The first-order valence-corrected chi connectivity index (χ1v) is 17.8. The molecule has 0 saturated carbocycles. The minimum absolute atomic E-state index is 0.898. The first-order chi connectivity index (χ1) is 25.8. The number of rotatable bonds is 2. The van der Waals surface area contributed by atoms with E-state index < -0.39 is 0 Å². The molecule has 0 unspecified atom stereocenters. The summed E-state index contributed by atoms with van der Waals surface area (Å²) in [4.78, 5) is 0. The predicted octanol–water partition coefficient (Wildman–Crippen LogP) is 13.4. The Morgan fingerprint density at radius 1 is 0.346 bits per heavy atom. The number of benzene rings is 8. The molecule has 13 aromatic rings.